The molecule has 0 fully saturated rings. The van der Waals surface area contributed by atoms with Gasteiger partial charge in [-0.2, -0.15) is 0 Å². The standard InChI is InChI=1S/C11H19N3O6/c1-14(2)8(15)5-6-12-11(20)13-7(10(18)19)3-4-9(16)17/h7H,3-6H2,1-2H3,(H,16,17)(H,18,19)(H2,12,13,20). The molecule has 0 bridgehead atoms. The molecule has 0 saturated heterocycles. The van der Waals surface area contributed by atoms with Crippen molar-refractivity contribution >= 4 is 23.9 Å². The predicted octanol–water partition coefficient (Wildman–Crippen LogP) is -0.918. The average Bonchev–Trinajstić information content (AvgIpc) is 2.33. The lowest BCUT2D eigenvalue weighted by atomic mass is 10.1. The normalized spacial score (nSPS) is 11.3. The summed E-state index contributed by atoms with van der Waals surface area (Å²) in [6, 6.07) is -2.04. The lowest BCUT2D eigenvalue weighted by Gasteiger charge is -2.15. The van der Waals surface area contributed by atoms with Gasteiger partial charge in [-0.3, -0.25) is 9.59 Å². The molecule has 0 aliphatic rings. The summed E-state index contributed by atoms with van der Waals surface area (Å²) in [6.45, 7) is 0.0636. The second-order valence-electron chi connectivity index (χ2n) is 4.26. The van der Waals surface area contributed by atoms with Crippen LogP contribution in [0.1, 0.15) is 19.3 Å². The molecule has 0 saturated carbocycles. The van der Waals surface area contributed by atoms with E-state index in [1.807, 2.05) is 0 Å². The third-order valence-electron chi connectivity index (χ3n) is 2.37. The van der Waals surface area contributed by atoms with Gasteiger partial charge in [0.25, 0.3) is 0 Å². The van der Waals surface area contributed by atoms with E-state index in [4.69, 9.17) is 10.2 Å². The fourth-order valence-corrected chi connectivity index (χ4v) is 1.24. The van der Waals surface area contributed by atoms with Crippen LogP contribution in [0.3, 0.4) is 0 Å². The summed E-state index contributed by atoms with van der Waals surface area (Å²) in [7, 11) is 3.16. The predicted molar refractivity (Wildman–Crippen MR) is 68.1 cm³/mol. The van der Waals surface area contributed by atoms with Crippen molar-refractivity contribution in [1.82, 2.24) is 15.5 Å². The first-order chi connectivity index (χ1) is 9.23. The van der Waals surface area contributed by atoms with E-state index in [-0.39, 0.29) is 31.7 Å². The minimum Gasteiger partial charge on any atom is -0.481 e. The number of rotatable bonds is 8. The molecule has 0 heterocycles. The van der Waals surface area contributed by atoms with Gasteiger partial charge in [-0.15, -0.1) is 0 Å². The number of carbonyl (C=O) groups excluding carboxylic acids is 2. The van der Waals surface area contributed by atoms with Gasteiger partial charge in [-0.05, 0) is 6.42 Å². The summed E-state index contributed by atoms with van der Waals surface area (Å²) in [6.07, 6.45) is -0.488. The minimum absolute atomic E-state index is 0.0636. The number of carboxylic acid groups (broad SMARTS) is 2. The Morgan fingerprint density at radius 2 is 1.70 bits per heavy atom. The SMILES string of the molecule is CN(C)C(=O)CCNC(=O)NC(CCC(=O)O)C(=O)O. The summed E-state index contributed by atoms with van der Waals surface area (Å²) < 4.78 is 0. The Morgan fingerprint density at radius 3 is 2.15 bits per heavy atom. The second-order valence-corrected chi connectivity index (χ2v) is 4.26. The topological polar surface area (TPSA) is 136 Å². The van der Waals surface area contributed by atoms with Gasteiger partial charge in [-0.1, -0.05) is 0 Å². The number of hydrogen-bond acceptors (Lipinski definition) is 4. The number of urea groups is 1. The molecule has 0 spiro atoms. The van der Waals surface area contributed by atoms with Crippen LogP contribution < -0.4 is 10.6 Å². The van der Waals surface area contributed by atoms with Crippen LogP contribution in [0.15, 0.2) is 0 Å². The van der Waals surface area contributed by atoms with Crippen LogP contribution >= 0.6 is 0 Å². The van der Waals surface area contributed by atoms with Gasteiger partial charge in [0.1, 0.15) is 6.04 Å². The van der Waals surface area contributed by atoms with Gasteiger partial charge < -0.3 is 25.7 Å². The molecule has 0 aromatic rings. The first kappa shape index (κ1) is 17.7. The molecular weight excluding hydrogens is 270 g/mol. The van der Waals surface area contributed by atoms with Crippen LogP contribution in [0.2, 0.25) is 0 Å². The van der Waals surface area contributed by atoms with Crippen molar-refractivity contribution < 1.29 is 29.4 Å². The molecule has 9 heteroatoms. The quantitative estimate of drug-likeness (QED) is 0.456. The molecule has 1 atom stereocenters. The highest BCUT2D eigenvalue weighted by atomic mass is 16.4. The maximum absolute atomic E-state index is 11.4. The van der Waals surface area contributed by atoms with E-state index < -0.39 is 24.0 Å². The van der Waals surface area contributed by atoms with Crippen LogP contribution in [0.5, 0.6) is 0 Å². The first-order valence-electron chi connectivity index (χ1n) is 5.93. The van der Waals surface area contributed by atoms with Crippen molar-refractivity contribution in [3.05, 3.63) is 0 Å². The number of carboxylic acids is 2. The van der Waals surface area contributed by atoms with E-state index >= 15 is 0 Å². The Kier molecular flexibility index (Phi) is 7.71. The van der Waals surface area contributed by atoms with Gasteiger partial charge >= 0.3 is 18.0 Å². The highest BCUT2D eigenvalue weighted by molar-refractivity contribution is 5.83. The molecule has 4 N–H and O–H groups in total. The zero-order valence-electron chi connectivity index (χ0n) is 11.4. The van der Waals surface area contributed by atoms with Crippen molar-refractivity contribution in [1.29, 1.82) is 0 Å². The van der Waals surface area contributed by atoms with Crippen molar-refractivity contribution in [2.24, 2.45) is 0 Å². The summed E-state index contributed by atoms with van der Waals surface area (Å²) in [5.74, 6) is -2.63. The fourth-order valence-electron chi connectivity index (χ4n) is 1.24. The maximum atomic E-state index is 11.4. The lowest BCUT2D eigenvalue weighted by Crippen LogP contribution is -2.46. The van der Waals surface area contributed by atoms with Crippen LogP contribution in [-0.2, 0) is 14.4 Å². The van der Waals surface area contributed by atoms with Gasteiger partial charge in [0, 0.05) is 33.5 Å². The molecule has 0 radical (unpaired) electrons. The summed E-state index contributed by atoms with van der Waals surface area (Å²) in [5.41, 5.74) is 0. The first-order valence-corrected chi connectivity index (χ1v) is 5.93. The Morgan fingerprint density at radius 1 is 1.10 bits per heavy atom. The monoisotopic (exact) mass is 289 g/mol. The van der Waals surface area contributed by atoms with Crippen LogP contribution in [0.4, 0.5) is 4.79 Å². The van der Waals surface area contributed by atoms with Crippen molar-refractivity contribution in [3.63, 3.8) is 0 Å². The van der Waals surface area contributed by atoms with E-state index in [1.54, 1.807) is 14.1 Å². The van der Waals surface area contributed by atoms with Gasteiger partial charge in [0.2, 0.25) is 5.91 Å². The minimum atomic E-state index is -1.31. The number of nitrogens with zero attached hydrogens (tertiary/aromatic N) is 1. The maximum Gasteiger partial charge on any atom is 0.326 e. The second kappa shape index (κ2) is 8.73. The highest BCUT2D eigenvalue weighted by Gasteiger charge is 2.20. The van der Waals surface area contributed by atoms with E-state index in [0.29, 0.717) is 0 Å². The molecular formula is C11H19N3O6. The zero-order valence-corrected chi connectivity index (χ0v) is 11.4. The van der Waals surface area contributed by atoms with E-state index in [1.165, 1.54) is 4.90 Å². The van der Waals surface area contributed by atoms with Gasteiger partial charge in [0.05, 0.1) is 0 Å². The summed E-state index contributed by atoms with van der Waals surface area (Å²) >= 11 is 0. The third-order valence-corrected chi connectivity index (χ3v) is 2.37. The Hall–Kier alpha value is -2.32. The molecule has 0 aliphatic carbocycles. The molecule has 3 amide bonds. The molecule has 0 aromatic heterocycles. The molecule has 114 valence electrons. The Balaban J connectivity index is 4.10. The number of aliphatic carboxylic acids is 2. The van der Waals surface area contributed by atoms with Gasteiger partial charge in [0.15, 0.2) is 0 Å². The summed E-state index contributed by atoms with van der Waals surface area (Å²) in [5, 5.41) is 21.8. The van der Waals surface area contributed by atoms with Crippen molar-refractivity contribution in [2.45, 2.75) is 25.3 Å². The van der Waals surface area contributed by atoms with Crippen molar-refractivity contribution in [3.8, 4) is 0 Å². The zero-order chi connectivity index (χ0) is 15.7. The highest BCUT2D eigenvalue weighted by Crippen LogP contribution is 1.98. The number of hydrogen-bond donors (Lipinski definition) is 4. The Bertz CT molecular complexity index is 382. The van der Waals surface area contributed by atoms with Crippen LogP contribution in [-0.4, -0.2) is 65.7 Å². The van der Waals surface area contributed by atoms with E-state index in [2.05, 4.69) is 10.6 Å². The summed E-state index contributed by atoms with van der Waals surface area (Å²) in [4.78, 5) is 45.2. The van der Waals surface area contributed by atoms with E-state index in [9.17, 15) is 19.2 Å². The largest absolute Gasteiger partial charge is 0.481 e. The lowest BCUT2D eigenvalue weighted by molar-refractivity contribution is -0.140. The molecule has 1 unspecified atom stereocenters. The van der Waals surface area contributed by atoms with Crippen LogP contribution in [0.25, 0.3) is 0 Å². The molecule has 0 aliphatic heterocycles. The Labute approximate surface area is 115 Å². The molecule has 20 heavy (non-hydrogen) atoms. The van der Waals surface area contributed by atoms with Crippen molar-refractivity contribution in [2.75, 3.05) is 20.6 Å². The average molecular weight is 289 g/mol. The number of nitrogens with one attached hydrogen (secondary N) is 2. The van der Waals surface area contributed by atoms with Crippen LogP contribution in [0, 0.1) is 0 Å². The molecule has 0 aromatic carbocycles. The molecule has 9 nitrogen and oxygen atoms in total. The number of carbonyl (C=O) groups is 4. The fraction of sp³-hybridized carbons (Fsp3) is 0.636. The smallest absolute Gasteiger partial charge is 0.326 e. The molecule has 0 rings (SSSR count). The van der Waals surface area contributed by atoms with E-state index in [0.717, 1.165) is 0 Å². The van der Waals surface area contributed by atoms with Gasteiger partial charge in [-0.25, -0.2) is 9.59 Å². The number of amides is 3. The third kappa shape index (κ3) is 7.90.